The molecule has 1 aromatic carbocycles. The van der Waals surface area contributed by atoms with Crippen molar-refractivity contribution < 1.29 is 27.3 Å². The van der Waals surface area contributed by atoms with Crippen LogP contribution in [0.3, 0.4) is 0 Å². The maximum Gasteiger partial charge on any atom is 0.416 e. The molecule has 154 valence electrons. The predicted octanol–water partition coefficient (Wildman–Crippen LogP) is 3.23. The molecule has 0 aliphatic rings. The average Bonchev–Trinajstić information content (AvgIpc) is 3.07. The maximum absolute atomic E-state index is 12.6. The Morgan fingerprint density at radius 2 is 2.07 bits per heavy atom. The highest BCUT2D eigenvalue weighted by Crippen LogP contribution is 2.29. The third kappa shape index (κ3) is 7.54. The van der Waals surface area contributed by atoms with E-state index >= 15 is 0 Å². The fraction of sp³-hybridized carbons (Fsp3) is 0.316. The lowest BCUT2D eigenvalue weighted by atomic mass is 10.1. The van der Waals surface area contributed by atoms with Gasteiger partial charge in [0.1, 0.15) is 5.76 Å². The molecule has 29 heavy (non-hydrogen) atoms. The number of thioether (sulfide) groups is 1. The number of carbonyl (C=O) groups excluding carboxylic acids is 2. The van der Waals surface area contributed by atoms with Gasteiger partial charge in [0.25, 0.3) is 0 Å². The Morgan fingerprint density at radius 3 is 2.72 bits per heavy atom. The van der Waals surface area contributed by atoms with E-state index in [2.05, 4.69) is 27.6 Å². The highest BCUT2D eigenvalue weighted by molar-refractivity contribution is 8.01. The van der Waals surface area contributed by atoms with Crippen molar-refractivity contribution in [3.63, 3.8) is 0 Å². The Balaban J connectivity index is 1.74. The molecule has 0 saturated heterocycles. The number of hydrogen-bond acceptors (Lipinski definition) is 5. The largest absolute Gasteiger partial charge is 0.416 e. The molecule has 0 aliphatic heterocycles. The van der Waals surface area contributed by atoms with Gasteiger partial charge in [-0.1, -0.05) is 23.1 Å². The molecular formula is C19H18F3N3O3S. The zero-order valence-electron chi connectivity index (χ0n) is 15.6. The van der Waals surface area contributed by atoms with Gasteiger partial charge in [0, 0.05) is 11.6 Å². The van der Waals surface area contributed by atoms with Gasteiger partial charge in [-0.3, -0.25) is 9.59 Å². The van der Waals surface area contributed by atoms with Gasteiger partial charge in [-0.2, -0.15) is 13.2 Å². The molecule has 2 aromatic rings. The molecular weight excluding hydrogens is 407 g/mol. The van der Waals surface area contributed by atoms with Crippen LogP contribution in [0, 0.1) is 18.8 Å². The molecule has 2 N–H and O–H groups in total. The van der Waals surface area contributed by atoms with Gasteiger partial charge >= 0.3 is 6.18 Å². The Bertz CT molecular complexity index is 932. The van der Waals surface area contributed by atoms with Gasteiger partial charge in [0.05, 0.1) is 23.1 Å². The molecule has 1 heterocycles. The molecule has 0 radical (unpaired) electrons. The van der Waals surface area contributed by atoms with Crippen molar-refractivity contribution in [1.82, 2.24) is 10.5 Å². The van der Waals surface area contributed by atoms with Crippen molar-refractivity contribution in [1.29, 1.82) is 0 Å². The number of rotatable bonds is 6. The van der Waals surface area contributed by atoms with E-state index in [1.165, 1.54) is 12.1 Å². The number of aryl methyl sites for hydroxylation is 1. The standard InChI is InChI=1S/C19H18F3N3O3S/c1-12-9-16(25-28-12)24-18(27)13(2)29-11-17(26)23-8-4-6-14-5-3-7-15(10-14)19(20,21)22/h3,5,7,9-10,13H,8,11H2,1-2H3,(H,23,26)(H,24,25,27). The fourth-order valence-electron chi connectivity index (χ4n) is 2.04. The topological polar surface area (TPSA) is 84.2 Å². The summed E-state index contributed by atoms with van der Waals surface area (Å²) in [4.78, 5) is 23.8. The smallest absolute Gasteiger partial charge is 0.360 e. The molecule has 1 aromatic heterocycles. The van der Waals surface area contributed by atoms with Crippen LogP contribution < -0.4 is 10.6 Å². The second-order valence-electron chi connectivity index (χ2n) is 5.92. The van der Waals surface area contributed by atoms with Crippen LogP contribution in [0.5, 0.6) is 0 Å². The van der Waals surface area contributed by atoms with Crippen molar-refractivity contribution in [2.75, 3.05) is 17.6 Å². The summed E-state index contributed by atoms with van der Waals surface area (Å²) in [5, 5.41) is 8.25. The second kappa shape index (κ2) is 10.0. The SMILES string of the molecule is Cc1cc(NC(=O)C(C)SCC(=O)NCC#Cc2cccc(C(F)(F)F)c2)no1. The summed E-state index contributed by atoms with van der Waals surface area (Å²) in [5.74, 6) is 5.40. The number of nitrogens with one attached hydrogen (secondary N) is 2. The molecule has 0 fully saturated rings. The van der Waals surface area contributed by atoms with Gasteiger partial charge in [-0.15, -0.1) is 11.8 Å². The summed E-state index contributed by atoms with van der Waals surface area (Å²) in [5.41, 5.74) is -0.574. The number of benzene rings is 1. The molecule has 2 amide bonds. The van der Waals surface area contributed by atoms with Crippen LogP contribution in [0.1, 0.15) is 23.8 Å². The van der Waals surface area contributed by atoms with Crippen molar-refractivity contribution >= 4 is 29.4 Å². The molecule has 1 unspecified atom stereocenters. The third-order valence-electron chi connectivity index (χ3n) is 3.51. The number of nitrogens with zero attached hydrogens (tertiary/aromatic N) is 1. The van der Waals surface area contributed by atoms with Crippen molar-refractivity contribution in [3.8, 4) is 11.8 Å². The minimum absolute atomic E-state index is 0.0194. The Hall–Kier alpha value is -2.93. The van der Waals surface area contributed by atoms with E-state index < -0.39 is 17.0 Å². The lowest BCUT2D eigenvalue weighted by Gasteiger charge is -2.09. The maximum atomic E-state index is 12.6. The van der Waals surface area contributed by atoms with Gasteiger partial charge in [-0.05, 0) is 32.0 Å². The number of hydrogen-bond donors (Lipinski definition) is 2. The first-order chi connectivity index (χ1) is 13.6. The summed E-state index contributed by atoms with van der Waals surface area (Å²) >= 11 is 1.12. The summed E-state index contributed by atoms with van der Waals surface area (Å²) in [6.07, 6.45) is -4.43. The van der Waals surface area contributed by atoms with E-state index in [1.807, 2.05) is 0 Å². The quantitative estimate of drug-likeness (QED) is 0.695. The van der Waals surface area contributed by atoms with Crippen LogP contribution in [0.15, 0.2) is 34.9 Å². The number of halogens is 3. The first-order valence-electron chi connectivity index (χ1n) is 8.44. The van der Waals surface area contributed by atoms with E-state index in [-0.39, 0.29) is 29.7 Å². The van der Waals surface area contributed by atoms with E-state index in [0.29, 0.717) is 11.6 Å². The van der Waals surface area contributed by atoms with Crippen LogP contribution >= 0.6 is 11.8 Å². The summed E-state index contributed by atoms with van der Waals surface area (Å²) in [6, 6.07) is 6.21. The van der Waals surface area contributed by atoms with Crippen molar-refractivity contribution in [3.05, 3.63) is 47.2 Å². The highest BCUT2D eigenvalue weighted by Gasteiger charge is 2.30. The van der Waals surface area contributed by atoms with E-state index in [1.54, 1.807) is 19.9 Å². The molecule has 1 atom stereocenters. The summed E-state index contributed by atoms with van der Waals surface area (Å²) in [6.45, 7) is 3.32. The van der Waals surface area contributed by atoms with Gasteiger partial charge in [-0.25, -0.2) is 0 Å². The summed E-state index contributed by atoms with van der Waals surface area (Å²) in [7, 11) is 0. The van der Waals surface area contributed by atoms with Gasteiger partial charge < -0.3 is 15.2 Å². The zero-order valence-corrected chi connectivity index (χ0v) is 16.4. The van der Waals surface area contributed by atoms with E-state index in [9.17, 15) is 22.8 Å². The predicted molar refractivity (Wildman–Crippen MR) is 103 cm³/mol. The molecule has 6 nitrogen and oxygen atoms in total. The summed E-state index contributed by atoms with van der Waals surface area (Å²) < 4.78 is 42.8. The Kier molecular flexibility index (Phi) is 7.73. The normalized spacial score (nSPS) is 11.9. The van der Waals surface area contributed by atoms with Crippen LogP contribution in [-0.4, -0.2) is 34.5 Å². The number of alkyl halides is 3. The monoisotopic (exact) mass is 425 g/mol. The molecule has 0 spiro atoms. The Morgan fingerprint density at radius 1 is 1.31 bits per heavy atom. The minimum Gasteiger partial charge on any atom is -0.360 e. The molecule has 0 bridgehead atoms. The number of aromatic nitrogens is 1. The number of amides is 2. The van der Waals surface area contributed by atoms with Crippen molar-refractivity contribution in [2.45, 2.75) is 25.3 Å². The first-order valence-corrected chi connectivity index (χ1v) is 9.48. The second-order valence-corrected chi connectivity index (χ2v) is 7.25. The zero-order chi connectivity index (χ0) is 21.4. The van der Waals surface area contributed by atoms with Crippen LogP contribution in [0.4, 0.5) is 19.0 Å². The lowest BCUT2D eigenvalue weighted by molar-refractivity contribution is -0.137. The average molecular weight is 425 g/mol. The van der Waals surface area contributed by atoms with Gasteiger partial charge in [0.15, 0.2) is 5.82 Å². The van der Waals surface area contributed by atoms with Crippen LogP contribution in [0.25, 0.3) is 0 Å². The molecule has 10 heteroatoms. The minimum atomic E-state index is -4.43. The molecule has 2 rings (SSSR count). The third-order valence-corrected chi connectivity index (χ3v) is 4.65. The van der Waals surface area contributed by atoms with Gasteiger partial charge in [0.2, 0.25) is 11.8 Å². The fourth-order valence-corrected chi connectivity index (χ4v) is 2.76. The lowest BCUT2D eigenvalue weighted by Crippen LogP contribution is -2.28. The number of carbonyl (C=O) groups is 2. The van der Waals surface area contributed by atoms with Crippen LogP contribution in [-0.2, 0) is 15.8 Å². The highest BCUT2D eigenvalue weighted by atomic mass is 32.2. The number of anilines is 1. The van der Waals surface area contributed by atoms with Crippen molar-refractivity contribution in [2.24, 2.45) is 0 Å². The van der Waals surface area contributed by atoms with E-state index in [0.717, 1.165) is 23.9 Å². The Labute approximate surface area is 169 Å². The van der Waals surface area contributed by atoms with Crippen LogP contribution in [0.2, 0.25) is 0 Å². The molecule has 0 saturated carbocycles. The first kappa shape index (κ1) is 22.4. The molecule has 0 aliphatic carbocycles. The van der Waals surface area contributed by atoms with E-state index in [4.69, 9.17) is 4.52 Å².